The summed E-state index contributed by atoms with van der Waals surface area (Å²) in [6.45, 7) is 2.12. The van der Waals surface area contributed by atoms with Crippen molar-refractivity contribution in [3.05, 3.63) is 33.1 Å². The average Bonchev–Trinajstić information content (AvgIpc) is 2.53. The molecule has 0 atom stereocenters. The Hall–Kier alpha value is -0.380. The molecule has 0 unspecified atom stereocenters. The van der Waals surface area contributed by atoms with Crippen LogP contribution in [0.15, 0.2) is 22.0 Å². The number of fused-ring (bicyclic) bond motifs is 1. The highest BCUT2D eigenvalue weighted by Gasteiger charge is 2.08. The number of hydrogen-bond donors (Lipinski definition) is 1. The molecule has 68 valence electrons. The number of thiophene rings is 1. The van der Waals surface area contributed by atoms with Gasteiger partial charge in [0.2, 0.25) is 0 Å². The van der Waals surface area contributed by atoms with E-state index < -0.39 is 0 Å². The summed E-state index contributed by atoms with van der Waals surface area (Å²) in [6.07, 6.45) is 0. The van der Waals surface area contributed by atoms with Crippen LogP contribution in [0.2, 0.25) is 0 Å². The molecule has 1 aromatic carbocycles. The predicted molar refractivity (Wildman–Crippen MR) is 60.2 cm³/mol. The topological polar surface area (TPSA) is 20.2 Å². The first kappa shape index (κ1) is 9.19. The molecule has 0 spiro atoms. The first-order valence-electron chi connectivity index (χ1n) is 4.00. The van der Waals surface area contributed by atoms with Crippen molar-refractivity contribution in [2.75, 3.05) is 0 Å². The molecule has 1 nitrogen and oxygen atoms in total. The van der Waals surface area contributed by atoms with E-state index in [9.17, 15) is 5.11 Å². The van der Waals surface area contributed by atoms with Crippen LogP contribution in [-0.4, -0.2) is 5.11 Å². The summed E-state index contributed by atoms with van der Waals surface area (Å²) >= 11 is 5.22. The molecule has 0 saturated heterocycles. The van der Waals surface area contributed by atoms with Crippen molar-refractivity contribution >= 4 is 37.4 Å². The molecule has 1 heterocycles. The van der Waals surface area contributed by atoms with Crippen LogP contribution >= 0.6 is 27.3 Å². The first-order chi connectivity index (χ1) is 6.24. The number of aliphatic hydroxyl groups is 1. The Morgan fingerprint density at radius 2 is 2.31 bits per heavy atom. The van der Waals surface area contributed by atoms with E-state index in [-0.39, 0.29) is 6.61 Å². The Morgan fingerprint density at radius 1 is 1.54 bits per heavy atom. The summed E-state index contributed by atoms with van der Waals surface area (Å²) in [4.78, 5) is 0. The van der Waals surface area contributed by atoms with Crippen LogP contribution in [0, 0.1) is 6.92 Å². The Kier molecular flexibility index (Phi) is 2.41. The van der Waals surface area contributed by atoms with Crippen molar-refractivity contribution in [1.29, 1.82) is 0 Å². The standard InChI is InChI=1S/C10H9BrOS/c1-6-4-7-2-3-13-10(7)9(11)8(6)5-12/h2-4,12H,5H2,1H3. The van der Waals surface area contributed by atoms with Crippen LogP contribution in [0.1, 0.15) is 11.1 Å². The smallest absolute Gasteiger partial charge is 0.0695 e. The third-order valence-electron chi connectivity index (χ3n) is 2.17. The van der Waals surface area contributed by atoms with Gasteiger partial charge < -0.3 is 5.11 Å². The number of aliphatic hydroxyl groups excluding tert-OH is 1. The van der Waals surface area contributed by atoms with Crippen LogP contribution in [0.4, 0.5) is 0 Å². The minimum Gasteiger partial charge on any atom is -0.392 e. The monoisotopic (exact) mass is 256 g/mol. The van der Waals surface area contributed by atoms with Gasteiger partial charge in [0.1, 0.15) is 0 Å². The van der Waals surface area contributed by atoms with Crippen LogP contribution in [0.3, 0.4) is 0 Å². The predicted octanol–water partition coefficient (Wildman–Crippen LogP) is 3.46. The Bertz CT molecular complexity index is 447. The van der Waals surface area contributed by atoms with Gasteiger partial charge in [-0.05, 0) is 50.8 Å². The van der Waals surface area contributed by atoms with E-state index in [2.05, 4.69) is 33.4 Å². The molecule has 1 N–H and O–H groups in total. The highest BCUT2D eigenvalue weighted by molar-refractivity contribution is 9.10. The van der Waals surface area contributed by atoms with Crippen LogP contribution in [0.25, 0.3) is 10.1 Å². The SMILES string of the molecule is Cc1cc2ccsc2c(Br)c1CO. The van der Waals surface area contributed by atoms with Crippen molar-refractivity contribution in [3.8, 4) is 0 Å². The van der Waals surface area contributed by atoms with Crippen molar-refractivity contribution < 1.29 is 5.11 Å². The summed E-state index contributed by atoms with van der Waals surface area (Å²) in [7, 11) is 0. The zero-order valence-electron chi connectivity index (χ0n) is 7.17. The van der Waals surface area contributed by atoms with E-state index in [1.807, 2.05) is 6.92 Å². The molecule has 0 aliphatic carbocycles. The van der Waals surface area contributed by atoms with E-state index >= 15 is 0 Å². The van der Waals surface area contributed by atoms with E-state index in [4.69, 9.17) is 0 Å². The number of rotatable bonds is 1. The molecule has 0 amide bonds. The van der Waals surface area contributed by atoms with Crippen LogP contribution in [0.5, 0.6) is 0 Å². The average molecular weight is 257 g/mol. The second-order valence-corrected chi connectivity index (χ2v) is 4.69. The van der Waals surface area contributed by atoms with E-state index in [1.165, 1.54) is 10.1 Å². The second kappa shape index (κ2) is 3.40. The van der Waals surface area contributed by atoms with Crippen LogP contribution < -0.4 is 0 Å². The van der Waals surface area contributed by atoms with E-state index in [1.54, 1.807) is 11.3 Å². The molecule has 13 heavy (non-hydrogen) atoms. The molecule has 0 saturated carbocycles. The fraction of sp³-hybridized carbons (Fsp3) is 0.200. The number of hydrogen-bond acceptors (Lipinski definition) is 2. The van der Waals surface area contributed by atoms with Gasteiger partial charge in [0.05, 0.1) is 6.61 Å². The molecule has 0 aliphatic heterocycles. The van der Waals surface area contributed by atoms with E-state index in [0.29, 0.717) is 0 Å². The highest BCUT2D eigenvalue weighted by Crippen LogP contribution is 2.34. The van der Waals surface area contributed by atoms with Crippen molar-refractivity contribution in [1.82, 2.24) is 0 Å². The van der Waals surface area contributed by atoms with Crippen LogP contribution in [-0.2, 0) is 6.61 Å². The van der Waals surface area contributed by atoms with E-state index in [0.717, 1.165) is 15.6 Å². The van der Waals surface area contributed by atoms with Crippen molar-refractivity contribution in [2.45, 2.75) is 13.5 Å². The van der Waals surface area contributed by atoms with Crippen molar-refractivity contribution in [2.24, 2.45) is 0 Å². The van der Waals surface area contributed by atoms with Gasteiger partial charge in [0, 0.05) is 9.17 Å². The van der Waals surface area contributed by atoms with Gasteiger partial charge in [0.15, 0.2) is 0 Å². The van der Waals surface area contributed by atoms with Gasteiger partial charge >= 0.3 is 0 Å². The molecular formula is C10H9BrOS. The molecular weight excluding hydrogens is 248 g/mol. The summed E-state index contributed by atoms with van der Waals surface area (Å²) in [5.41, 5.74) is 2.13. The minimum atomic E-state index is 0.0975. The maximum atomic E-state index is 9.17. The molecule has 0 fully saturated rings. The molecule has 1 aromatic heterocycles. The first-order valence-corrected chi connectivity index (χ1v) is 5.67. The lowest BCUT2D eigenvalue weighted by Crippen LogP contribution is -1.89. The molecule has 0 radical (unpaired) electrons. The normalized spacial score (nSPS) is 11.0. The zero-order chi connectivity index (χ0) is 9.42. The molecule has 2 aromatic rings. The maximum Gasteiger partial charge on any atom is 0.0695 e. The number of halogens is 1. The summed E-state index contributed by atoms with van der Waals surface area (Å²) in [6, 6.07) is 4.21. The Morgan fingerprint density at radius 3 is 3.00 bits per heavy atom. The third-order valence-corrected chi connectivity index (χ3v) is 4.25. The number of aryl methyl sites for hydroxylation is 1. The number of benzene rings is 1. The van der Waals surface area contributed by atoms with Gasteiger partial charge in [0.25, 0.3) is 0 Å². The van der Waals surface area contributed by atoms with Gasteiger partial charge in [-0.25, -0.2) is 0 Å². The van der Waals surface area contributed by atoms with Crippen molar-refractivity contribution in [3.63, 3.8) is 0 Å². The molecule has 0 bridgehead atoms. The maximum absolute atomic E-state index is 9.17. The summed E-state index contributed by atoms with van der Waals surface area (Å²) < 4.78 is 2.26. The minimum absolute atomic E-state index is 0.0975. The third kappa shape index (κ3) is 1.41. The zero-order valence-corrected chi connectivity index (χ0v) is 9.58. The van der Waals surface area contributed by atoms with Gasteiger partial charge in [-0.3, -0.25) is 0 Å². The fourth-order valence-corrected chi connectivity index (χ4v) is 3.22. The molecule has 3 heteroatoms. The summed E-state index contributed by atoms with van der Waals surface area (Å²) in [5, 5.41) is 12.5. The van der Waals surface area contributed by atoms with Gasteiger partial charge in [-0.15, -0.1) is 11.3 Å². The van der Waals surface area contributed by atoms with Gasteiger partial charge in [-0.2, -0.15) is 0 Å². The lowest BCUT2D eigenvalue weighted by Gasteiger charge is -2.06. The largest absolute Gasteiger partial charge is 0.392 e. The Labute approximate surface area is 89.1 Å². The second-order valence-electron chi connectivity index (χ2n) is 2.98. The summed E-state index contributed by atoms with van der Waals surface area (Å²) in [5.74, 6) is 0. The quantitative estimate of drug-likeness (QED) is 0.829. The lowest BCUT2D eigenvalue weighted by molar-refractivity contribution is 0.280. The Balaban J connectivity index is 2.85. The molecule has 2 rings (SSSR count). The highest BCUT2D eigenvalue weighted by atomic mass is 79.9. The lowest BCUT2D eigenvalue weighted by atomic mass is 10.1. The molecule has 0 aliphatic rings. The fourth-order valence-electron chi connectivity index (χ4n) is 1.44. The van der Waals surface area contributed by atoms with Gasteiger partial charge in [-0.1, -0.05) is 6.07 Å².